The summed E-state index contributed by atoms with van der Waals surface area (Å²) >= 11 is 0. The molecular weight excluding hydrogens is 475 g/mol. The molecule has 0 aromatic heterocycles. The van der Waals surface area contributed by atoms with Crippen LogP contribution in [0.5, 0.6) is 0 Å². The first-order chi connectivity index (χ1) is 17.1. The van der Waals surface area contributed by atoms with Crippen molar-refractivity contribution in [3.8, 4) is 0 Å². The molecule has 0 radical (unpaired) electrons. The third-order valence-corrected chi connectivity index (χ3v) is 6.00. The third-order valence-electron chi connectivity index (χ3n) is 6.00. The maximum Gasteiger partial charge on any atom is 0.331 e. The van der Waals surface area contributed by atoms with Crippen LogP contribution in [0.3, 0.4) is 0 Å². The third kappa shape index (κ3) is 10.6. The van der Waals surface area contributed by atoms with Gasteiger partial charge < -0.3 is 20.6 Å². The first kappa shape index (κ1) is 34.2. The molecule has 2 atom stereocenters. The number of nitrogens with zero attached hydrogens (tertiary/aromatic N) is 1. The summed E-state index contributed by atoms with van der Waals surface area (Å²) < 4.78 is 12.6. The number of hydrogen-bond acceptors (Lipinski definition) is 5. The van der Waals surface area contributed by atoms with Gasteiger partial charge in [-0.1, -0.05) is 85.2 Å². The Morgan fingerprint density at radius 2 is 1.68 bits per heavy atom. The highest BCUT2D eigenvalue weighted by atomic mass is 19.2. The summed E-state index contributed by atoms with van der Waals surface area (Å²) in [5.74, 6) is -1.72. The van der Waals surface area contributed by atoms with Crippen LogP contribution in [0, 0.1) is 5.41 Å². The number of hydrogen-bond donors (Lipinski definition) is 4. The molecule has 2 amide bonds. The fourth-order valence-electron chi connectivity index (χ4n) is 3.69. The number of benzene rings is 1. The minimum absolute atomic E-state index is 0.0586. The standard InChI is InChI=1S/C25H39FN4O4.C3H8/c1-16(23(33)34)12-13-30(8)22(32)20(24(2,3)4)29-21(31)19(27-7)25(5,6)18-11-9-10-17(14-18)15-28-26;1-3-2/h9-12,14,19-20,27-28H,13,15H2,1-8H3,(H,29,31)(H,33,34);3H2,1-2H3/b16-12+;. The average Bonchev–Trinajstić information content (AvgIpc) is 2.80. The molecule has 0 heterocycles. The van der Waals surface area contributed by atoms with Crippen LogP contribution in [-0.4, -0.2) is 60.5 Å². The van der Waals surface area contributed by atoms with Crippen molar-refractivity contribution in [2.45, 2.75) is 85.9 Å². The van der Waals surface area contributed by atoms with E-state index in [1.54, 1.807) is 25.7 Å². The first-order valence-electron chi connectivity index (χ1n) is 12.6. The molecule has 1 rings (SSSR count). The van der Waals surface area contributed by atoms with Crippen LogP contribution in [0.4, 0.5) is 4.48 Å². The molecule has 0 aliphatic carbocycles. The highest BCUT2D eigenvalue weighted by molar-refractivity contribution is 5.91. The number of aliphatic carboxylic acids is 1. The summed E-state index contributed by atoms with van der Waals surface area (Å²) in [7, 11) is 3.25. The van der Waals surface area contributed by atoms with Crippen LogP contribution in [-0.2, 0) is 26.3 Å². The molecule has 9 heteroatoms. The van der Waals surface area contributed by atoms with Crippen molar-refractivity contribution in [2.24, 2.45) is 5.41 Å². The van der Waals surface area contributed by atoms with E-state index in [1.165, 1.54) is 24.3 Å². The van der Waals surface area contributed by atoms with Gasteiger partial charge in [0.15, 0.2) is 0 Å². The second kappa shape index (κ2) is 15.5. The Kier molecular flexibility index (Phi) is 14.3. The van der Waals surface area contributed by atoms with Gasteiger partial charge in [0.1, 0.15) is 6.04 Å². The number of carbonyl (C=O) groups is 3. The van der Waals surface area contributed by atoms with E-state index < -0.39 is 28.9 Å². The summed E-state index contributed by atoms with van der Waals surface area (Å²) in [4.78, 5) is 39.1. The molecule has 37 heavy (non-hydrogen) atoms. The lowest BCUT2D eigenvalue weighted by Gasteiger charge is -2.38. The molecule has 1 aromatic carbocycles. The van der Waals surface area contributed by atoms with Crippen molar-refractivity contribution in [1.82, 2.24) is 21.1 Å². The van der Waals surface area contributed by atoms with Crippen molar-refractivity contribution in [2.75, 3.05) is 20.6 Å². The van der Waals surface area contributed by atoms with E-state index in [-0.39, 0.29) is 30.5 Å². The molecule has 0 saturated heterocycles. The van der Waals surface area contributed by atoms with Crippen molar-refractivity contribution in [1.29, 1.82) is 0 Å². The van der Waals surface area contributed by atoms with E-state index in [4.69, 9.17) is 5.11 Å². The SMILES string of the molecule is CCC.CNC(C(=O)NC(C(=O)N(C)C/C=C(\C)C(=O)O)C(C)(C)C)C(C)(C)c1cccc(CNF)c1. The smallest absolute Gasteiger partial charge is 0.331 e. The molecule has 0 spiro atoms. The molecule has 210 valence electrons. The highest BCUT2D eigenvalue weighted by Crippen LogP contribution is 2.29. The molecule has 4 N–H and O–H groups in total. The number of carboxylic acids is 1. The zero-order valence-corrected chi connectivity index (χ0v) is 24.2. The van der Waals surface area contributed by atoms with Crippen LogP contribution in [0.1, 0.15) is 72.9 Å². The van der Waals surface area contributed by atoms with E-state index >= 15 is 0 Å². The summed E-state index contributed by atoms with van der Waals surface area (Å²) in [5.41, 5.74) is 2.10. The lowest BCUT2D eigenvalue weighted by Crippen LogP contribution is -2.60. The number of nitrogens with one attached hydrogen (secondary N) is 3. The molecule has 8 nitrogen and oxygen atoms in total. The Morgan fingerprint density at radius 1 is 1.11 bits per heavy atom. The van der Waals surface area contributed by atoms with Gasteiger partial charge in [0.25, 0.3) is 0 Å². The minimum Gasteiger partial charge on any atom is -0.478 e. The van der Waals surface area contributed by atoms with E-state index in [0.29, 0.717) is 0 Å². The normalized spacial score (nSPS) is 13.6. The molecule has 1 aromatic rings. The largest absolute Gasteiger partial charge is 0.478 e. The van der Waals surface area contributed by atoms with Gasteiger partial charge in [0.05, 0.1) is 12.6 Å². The first-order valence-corrected chi connectivity index (χ1v) is 12.6. The Balaban J connectivity index is 0.00000410. The molecular formula is C28H47FN4O4. The fraction of sp³-hybridized carbons (Fsp3) is 0.607. The van der Waals surface area contributed by atoms with Gasteiger partial charge in [-0.25, -0.2) is 4.79 Å². The predicted octanol–water partition coefficient (Wildman–Crippen LogP) is 3.96. The van der Waals surface area contributed by atoms with Crippen LogP contribution >= 0.6 is 0 Å². The van der Waals surface area contributed by atoms with Crippen molar-refractivity contribution < 1.29 is 24.0 Å². The topological polar surface area (TPSA) is 111 Å². The summed E-state index contributed by atoms with van der Waals surface area (Å²) in [6, 6.07) is 5.83. The number of halogens is 1. The molecule has 0 bridgehead atoms. The van der Waals surface area contributed by atoms with Gasteiger partial charge in [0, 0.05) is 24.6 Å². The van der Waals surface area contributed by atoms with Gasteiger partial charge >= 0.3 is 5.97 Å². The van der Waals surface area contributed by atoms with Gasteiger partial charge in [-0.05, 0) is 30.5 Å². The maximum absolute atomic E-state index is 13.4. The van der Waals surface area contributed by atoms with Gasteiger partial charge in [-0.3, -0.25) is 9.59 Å². The Bertz CT molecular complexity index is 925. The predicted molar refractivity (Wildman–Crippen MR) is 147 cm³/mol. The lowest BCUT2D eigenvalue weighted by molar-refractivity contribution is -0.139. The highest BCUT2D eigenvalue weighted by Gasteiger charge is 2.40. The van der Waals surface area contributed by atoms with Gasteiger partial charge in [-0.15, -0.1) is 4.48 Å². The van der Waals surface area contributed by atoms with Crippen molar-refractivity contribution in [3.05, 3.63) is 47.0 Å². The fourth-order valence-corrected chi connectivity index (χ4v) is 3.69. The maximum atomic E-state index is 13.4. The minimum atomic E-state index is -1.05. The molecule has 0 saturated carbocycles. The average molecular weight is 523 g/mol. The molecule has 0 fully saturated rings. The number of likely N-dealkylation sites (N-methyl/N-ethyl adjacent to an activating group) is 2. The summed E-state index contributed by atoms with van der Waals surface area (Å²) in [6.45, 7) is 15.3. The molecule has 2 unspecified atom stereocenters. The van der Waals surface area contributed by atoms with E-state index in [1.807, 2.05) is 52.8 Å². The van der Waals surface area contributed by atoms with E-state index in [0.717, 1.165) is 11.1 Å². The number of rotatable bonds is 11. The van der Waals surface area contributed by atoms with E-state index in [2.05, 4.69) is 24.5 Å². The zero-order chi connectivity index (χ0) is 29.0. The number of carboxylic acid groups (broad SMARTS) is 1. The quantitative estimate of drug-likeness (QED) is 0.259. The van der Waals surface area contributed by atoms with Crippen molar-refractivity contribution in [3.63, 3.8) is 0 Å². The monoisotopic (exact) mass is 522 g/mol. The van der Waals surface area contributed by atoms with Crippen LogP contribution < -0.4 is 16.2 Å². The molecule has 0 aliphatic rings. The van der Waals surface area contributed by atoms with E-state index in [9.17, 15) is 18.9 Å². The van der Waals surface area contributed by atoms with Crippen LogP contribution in [0.2, 0.25) is 0 Å². The van der Waals surface area contributed by atoms with Gasteiger partial charge in [0.2, 0.25) is 11.8 Å². The number of carbonyl (C=O) groups excluding carboxylic acids is 2. The Hall–Kier alpha value is -2.78. The van der Waals surface area contributed by atoms with Crippen molar-refractivity contribution >= 4 is 17.8 Å². The zero-order valence-electron chi connectivity index (χ0n) is 24.2. The number of amides is 2. The summed E-state index contributed by atoms with van der Waals surface area (Å²) in [5, 5.41) is 15.0. The Labute approximate surface area is 222 Å². The second-order valence-corrected chi connectivity index (χ2v) is 10.9. The lowest BCUT2D eigenvalue weighted by atomic mass is 9.76. The molecule has 0 aliphatic heterocycles. The van der Waals surface area contributed by atoms with Crippen LogP contribution in [0.15, 0.2) is 35.9 Å². The summed E-state index contributed by atoms with van der Waals surface area (Å²) in [6.07, 6.45) is 2.71. The second-order valence-electron chi connectivity index (χ2n) is 10.9. The van der Waals surface area contributed by atoms with Gasteiger partial charge in [-0.2, -0.15) is 5.54 Å². The Morgan fingerprint density at radius 3 is 2.14 bits per heavy atom. The van der Waals surface area contributed by atoms with Crippen LogP contribution in [0.25, 0.3) is 0 Å².